The van der Waals surface area contributed by atoms with Gasteiger partial charge in [-0.05, 0) is 33.1 Å². The molecule has 1 aromatic heterocycles. The van der Waals surface area contributed by atoms with Crippen molar-refractivity contribution in [1.82, 2.24) is 19.6 Å². The predicted molar refractivity (Wildman–Crippen MR) is 87.1 cm³/mol. The standard InChI is InChI=1S/C17H26N4O2/c1-5-8-20-9-6-17(16(20)23)7-10-21(11-17)15(22)14-12(2)18-19(4)13(14)3/h5-11H2,1-4H3. The maximum absolute atomic E-state index is 12.9. The fraction of sp³-hybridized carbons (Fsp3) is 0.706. The molecule has 0 N–H and O–H groups in total. The summed E-state index contributed by atoms with van der Waals surface area (Å²) in [6.07, 6.45) is 2.65. The second-order valence-electron chi connectivity index (χ2n) is 6.97. The van der Waals surface area contributed by atoms with E-state index in [4.69, 9.17) is 0 Å². The lowest BCUT2D eigenvalue weighted by Gasteiger charge is -2.23. The molecule has 2 aliphatic heterocycles. The molecular formula is C17H26N4O2. The molecule has 6 nitrogen and oxygen atoms in total. The van der Waals surface area contributed by atoms with Crippen molar-refractivity contribution in [3.63, 3.8) is 0 Å². The van der Waals surface area contributed by atoms with Crippen molar-refractivity contribution in [2.45, 2.75) is 40.0 Å². The number of likely N-dealkylation sites (tertiary alicyclic amines) is 2. The molecule has 23 heavy (non-hydrogen) atoms. The third-order valence-electron chi connectivity index (χ3n) is 5.46. The Labute approximate surface area is 137 Å². The molecule has 1 atom stereocenters. The number of carbonyl (C=O) groups excluding carboxylic acids is 2. The van der Waals surface area contributed by atoms with Gasteiger partial charge in [0.25, 0.3) is 5.91 Å². The van der Waals surface area contributed by atoms with Crippen LogP contribution in [0, 0.1) is 19.3 Å². The van der Waals surface area contributed by atoms with Crippen LogP contribution in [0.2, 0.25) is 0 Å². The summed E-state index contributed by atoms with van der Waals surface area (Å²) in [5.41, 5.74) is 2.01. The van der Waals surface area contributed by atoms with E-state index in [1.54, 1.807) is 4.68 Å². The van der Waals surface area contributed by atoms with Gasteiger partial charge >= 0.3 is 0 Å². The summed E-state index contributed by atoms with van der Waals surface area (Å²) in [6, 6.07) is 0. The average Bonchev–Trinajstić information content (AvgIpc) is 3.14. The zero-order valence-electron chi connectivity index (χ0n) is 14.6. The van der Waals surface area contributed by atoms with Gasteiger partial charge in [-0.15, -0.1) is 0 Å². The normalized spacial score (nSPS) is 24.3. The topological polar surface area (TPSA) is 58.4 Å². The number of amides is 2. The molecule has 3 rings (SSSR count). The highest BCUT2D eigenvalue weighted by atomic mass is 16.2. The van der Waals surface area contributed by atoms with E-state index in [1.807, 2.05) is 30.7 Å². The summed E-state index contributed by atoms with van der Waals surface area (Å²) >= 11 is 0. The molecule has 126 valence electrons. The summed E-state index contributed by atoms with van der Waals surface area (Å²) in [5.74, 6) is 0.265. The van der Waals surface area contributed by atoms with Crippen molar-refractivity contribution in [3.05, 3.63) is 17.0 Å². The maximum atomic E-state index is 12.9. The molecule has 2 aliphatic rings. The number of hydrogen-bond acceptors (Lipinski definition) is 3. The van der Waals surface area contributed by atoms with Crippen LogP contribution in [0.4, 0.5) is 0 Å². The molecule has 2 amide bonds. The van der Waals surface area contributed by atoms with E-state index in [1.165, 1.54) is 0 Å². The fourth-order valence-electron chi connectivity index (χ4n) is 4.04. The van der Waals surface area contributed by atoms with Gasteiger partial charge in [0.1, 0.15) is 0 Å². The predicted octanol–water partition coefficient (Wildman–Crippen LogP) is 1.51. The molecule has 0 saturated carbocycles. The molecule has 0 aliphatic carbocycles. The lowest BCUT2D eigenvalue weighted by molar-refractivity contribution is -0.135. The minimum atomic E-state index is -0.338. The highest BCUT2D eigenvalue weighted by molar-refractivity contribution is 5.97. The number of hydrogen-bond donors (Lipinski definition) is 0. The second kappa shape index (κ2) is 5.65. The minimum absolute atomic E-state index is 0.0201. The van der Waals surface area contributed by atoms with Crippen LogP contribution < -0.4 is 0 Å². The average molecular weight is 318 g/mol. The first-order valence-electron chi connectivity index (χ1n) is 8.48. The van der Waals surface area contributed by atoms with Gasteiger partial charge in [-0.1, -0.05) is 6.92 Å². The van der Waals surface area contributed by atoms with Gasteiger partial charge in [0.15, 0.2) is 0 Å². The number of carbonyl (C=O) groups is 2. The van der Waals surface area contributed by atoms with Crippen LogP contribution in [-0.4, -0.2) is 57.6 Å². The van der Waals surface area contributed by atoms with Crippen molar-refractivity contribution in [2.75, 3.05) is 26.2 Å². The lowest BCUT2D eigenvalue weighted by Crippen LogP contribution is -2.38. The molecule has 2 fully saturated rings. The van der Waals surface area contributed by atoms with Gasteiger partial charge in [0, 0.05) is 38.9 Å². The Bertz CT molecular complexity index is 651. The van der Waals surface area contributed by atoms with Crippen molar-refractivity contribution in [3.8, 4) is 0 Å². The maximum Gasteiger partial charge on any atom is 0.257 e. The highest BCUT2D eigenvalue weighted by Crippen LogP contribution is 2.41. The van der Waals surface area contributed by atoms with Crippen molar-refractivity contribution in [2.24, 2.45) is 12.5 Å². The van der Waals surface area contributed by atoms with Gasteiger partial charge < -0.3 is 9.80 Å². The monoisotopic (exact) mass is 318 g/mol. The summed E-state index contributed by atoms with van der Waals surface area (Å²) in [7, 11) is 1.85. The number of aromatic nitrogens is 2. The Morgan fingerprint density at radius 2 is 1.96 bits per heavy atom. The Morgan fingerprint density at radius 3 is 2.57 bits per heavy atom. The number of rotatable bonds is 3. The molecule has 1 aromatic rings. The third-order valence-corrected chi connectivity index (χ3v) is 5.46. The Balaban J connectivity index is 1.78. The van der Waals surface area contributed by atoms with Crippen molar-refractivity contribution >= 4 is 11.8 Å². The van der Waals surface area contributed by atoms with E-state index in [9.17, 15) is 9.59 Å². The quantitative estimate of drug-likeness (QED) is 0.849. The fourth-order valence-corrected chi connectivity index (χ4v) is 4.04. The third kappa shape index (κ3) is 2.44. The Morgan fingerprint density at radius 1 is 1.26 bits per heavy atom. The van der Waals surface area contributed by atoms with E-state index in [-0.39, 0.29) is 17.2 Å². The minimum Gasteiger partial charge on any atom is -0.342 e. The molecular weight excluding hydrogens is 292 g/mol. The van der Waals surface area contributed by atoms with E-state index < -0.39 is 0 Å². The summed E-state index contributed by atoms with van der Waals surface area (Å²) < 4.78 is 1.75. The van der Waals surface area contributed by atoms with Gasteiger partial charge in [0.05, 0.1) is 16.7 Å². The molecule has 1 unspecified atom stereocenters. The smallest absolute Gasteiger partial charge is 0.257 e. The van der Waals surface area contributed by atoms with Crippen LogP contribution in [-0.2, 0) is 11.8 Å². The van der Waals surface area contributed by atoms with E-state index in [2.05, 4.69) is 12.0 Å². The summed E-state index contributed by atoms with van der Waals surface area (Å²) in [4.78, 5) is 29.5. The van der Waals surface area contributed by atoms with Crippen LogP contribution in [0.5, 0.6) is 0 Å². The molecule has 3 heterocycles. The molecule has 0 radical (unpaired) electrons. The van der Waals surface area contributed by atoms with Crippen LogP contribution in [0.1, 0.15) is 47.9 Å². The van der Waals surface area contributed by atoms with Gasteiger partial charge in [-0.2, -0.15) is 5.10 Å². The van der Waals surface area contributed by atoms with E-state index in [0.29, 0.717) is 18.7 Å². The summed E-state index contributed by atoms with van der Waals surface area (Å²) in [5, 5.41) is 4.34. The zero-order chi connectivity index (χ0) is 16.8. The van der Waals surface area contributed by atoms with Crippen LogP contribution in [0.25, 0.3) is 0 Å². The SMILES string of the molecule is CCCN1CCC2(CCN(C(=O)c3c(C)nn(C)c3C)C2)C1=O. The van der Waals surface area contributed by atoms with Crippen molar-refractivity contribution < 1.29 is 9.59 Å². The van der Waals surface area contributed by atoms with E-state index in [0.717, 1.165) is 43.7 Å². The molecule has 0 bridgehead atoms. The number of nitrogens with zero attached hydrogens (tertiary/aromatic N) is 4. The van der Waals surface area contributed by atoms with Crippen LogP contribution in [0.3, 0.4) is 0 Å². The highest BCUT2D eigenvalue weighted by Gasteiger charge is 2.51. The van der Waals surface area contributed by atoms with E-state index >= 15 is 0 Å². The molecule has 6 heteroatoms. The van der Waals surface area contributed by atoms with Crippen molar-refractivity contribution in [1.29, 1.82) is 0 Å². The van der Waals surface area contributed by atoms with Gasteiger partial charge in [0.2, 0.25) is 5.91 Å². The second-order valence-corrected chi connectivity index (χ2v) is 6.97. The lowest BCUT2D eigenvalue weighted by atomic mass is 9.85. The van der Waals surface area contributed by atoms with Crippen LogP contribution >= 0.6 is 0 Å². The molecule has 1 spiro atoms. The summed E-state index contributed by atoms with van der Waals surface area (Å²) in [6.45, 7) is 8.77. The molecule has 0 aromatic carbocycles. The Hall–Kier alpha value is -1.85. The first-order valence-corrected chi connectivity index (χ1v) is 8.48. The Kier molecular flexibility index (Phi) is 3.94. The number of aryl methyl sites for hydroxylation is 2. The van der Waals surface area contributed by atoms with Gasteiger partial charge in [-0.25, -0.2) is 0 Å². The van der Waals surface area contributed by atoms with Crippen LogP contribution in [0.15, 0.2) is 0 Å². The largest absolute Gasteiger partial charge is 0.342 e. The first kappa shape index (κ1) is 16.0. The zero-order valence-corrected chi connectivity index (χ0v) is 14.6. The first-order chi connectivity index (χ1) is 10.9. The molecule has 2 saturated heterocycles. The van der Waals surface area contributed by atoms with Gasteiger partial charge in [-0.3, -0.25) is 14.3 Å².